The van der Waals surface area contributed by atoms with Crippen molar-refractivity contribution in [1.29, 1.82) is 0 Å². The zero-order valence-corrected chi connectivity index (χ0v) is 10.0. The number of nitrogens with one attached hydrogen (secondary N) is 1. The molecule has 5 nitrogen and oxygen atoms in total. The van der Waals surface area contributed by atoms with Gasteiger partial charge in [0, 0.05) is 18.1 Å². The van der Waals surface area contributed by atoms with Crippen molar-refractivity contribution in [2.75, 3.05) is 5.32 Å². The summed E-state index contributed by atoms with van der Waals surface area (Å²) in [7, 11) is 0. The molecule has 0 aliphatic heterocycles. The predicted octanol–water partition coefficient (Wildman–Crippen LogP) is 2.59. The Bertz CT molecular complexity index is 668. The summed E-state index contributed by atoms with van der Waals surface area (Å²) in [6.07, 6.45) is 5.50. The molecular weight excluding hydrogens is 226 g/mol. The van der Waals surface area contributed by atoms with Gasteiger partial charge < -0.3 is 5.32 Å². The highest BCUT2D eigenvalue weighted by Gasteiger charge is 2.03. The molecule has 0 aliphatic rings. The Morgan fingerprint density at radius 2 is 2.11 bits per heavy atom. The monoisotopic (exact) mass is 239 g/mol. The predicted molar refractivity (Wildman–Crippen MR) is 70.7 cm³/mol. The van der Waals surface area contributed by atoms with Gasteiger partial charge in [-0.3, -0.25) is 4.68 Å². The first-order valence-corrected chi connectivity index (χ1v) is 5.86. The summed E-state index contributed by atoms with van der Waals surface area (Å²) < 4.78 is 1.87. The van der Waals surface area contributed by atoms with Gasteiger partial charge in [0.25, 0.3) is 0 Å². The second-order valence-electron chi connectivity index (χ2n) is 3.99. The number of hydrogen-bond acceptors (Lipinski definition) is 4. The Hall–Kier alpha value is -2.43. The molecule has 0 aliphatic carbocycles. The summed E-state index contributed by atoms with van der Waals surface area (Å²) >= 11 is 0. The van der Waals surface area contributed by atoms with Crippen LogP contribution in [0, 0.1) is 0 Å². The first-order valence-electron chi connectivity index (χ1n) is 5.86. The number of aryl methyl sites for hydroxylation is 1. The molecule has 1 aromatic carbocycles. The fourth-order valence-electron chi connectivity index (χ4n) is 1.86. The molecule has 0 atom stereocenters. The number of rotatable bonds is 3. The fourth-order valence-corrected chi connectivity index (χ4v) is 1.86. The van der Waals surface area contributed by atoms with E-state index < -0.39 is 0 Å². The van der Waals surface area contributed by atoms with Crippen molar-refractivity contribution in [2.45, 2.75) is 13.5 Å². The Morgan fingerprint density at radius 3 is 2.94 bits per heavy atom. The van der Waals surface area contributed by atoms with Crippen LogP contribution in [0.2, 0.25) is 0 Å². The highest BCUT2D eigenvalue weighted by Crippen LogP contribution is 2.23. The molecular formula is C13H13N5. The Kier molecular flexibility index (Phi) is 2.64. The zero-order chi connectivity index (χ0) is 12.4. The molecule has 18 heavy (non-hydrogen) atoms. The van der Waals surface area contributed by atoms with Crippen molar-refractivity contribution in [2.24, 2.45) is 0 Å². The van der Waals surface area contributed by atoms with Gasteiger partial charge in [0.1, 0.15) is 0 Å². The first-order chi connectivity index (χ1) is 8.86. The lowest BCUT2D eigenvalue weighted by Gasteiger charge is -2.05. The van der Waals surface area contributed by atoms with Gasteiger partial charge in [-0.15, -0.1) is 0 Å². The van der Waals surface area contributed by atoms with Crippen molar-refractivity contribution < 1.29 is 0 Å². The van der Waals surface area contributed by atoms with E-state index in [0.29, 0.717) is 0 Å². The highest BCUT2D eigenvalue weighted by atomic mass is 15.3. The van der Waals surface area contributed by atoms with Gasteiger partial charge >= 0.3 is 0 Å². The van der Waals surface area contributed by atoms with Gasteiger partial charge in [-0.2, -0.15) is 15.3 Å². The van der Waals surface area contributed by atoms with Crippen LogP contribution in [0.1, 0.15) is 6.92 Å². The molecule has 0 radical (unpaired) electrons. The van der Waals surface area contributed by atoms with Crippen molar-refractivity contribution in [3.05, 3.63) is 42.9 Å². The summed E-state index contributed by atoms with van der Waals surface area (Å²) in [5, 5.41) is 16.7. The quantitative estimate of drug-likeness (QED) is 0.763. The minimum absolute atomic E-state index is 0.858. The zero-order valence-electron chi connectivity index (χ0n) is 10.0. The molecule has 0 amide bonds. The van der Waals surface area contributed by atoms with E-state index in [9.17, 15) is 0 Å². The molecule has 1 N–H and O–H groups in total. The average molecular weight is 239 g/mol. The van der Waals surface area contributed by atoms with E-state index in [4.69, 9.17) is 0 Å². The van der Waals surface area contributed by atoms with E-state index in [1.165, 1.54) is 0 Å². The smallest absolute Gasteiger partial charge is 0.0950 e. The van der Waals surface area contributed by atoms with Gasteiger partial charge in [-0.1, -0.05) is 18.2 Å². The molecule has 5 heteroatoms. The third-order valence-corrected chi connectivity index (χ3v) is 2.78. The maximum Gasteiger partial charge on any atom is 0.0950 e. The van der Waals surface area contributed by atoms with E-state index in [-0.39, 0.29) is 0 Å². The third kappa shape index (κ3) is 1.90. The van der Waals surface area contributed by atoms with Crippen LogP contribution < -0.4 is 5.32 Å². The number of fused-ring (bicyclic) bond motifs is 1. The maximum absolute atomic E-state index is 4.23. The Morgan fingerprint density at radius 1 is 1.22 bits per heavy atom. The number of benzene rings is 1. The van der Waals surface area contributed by atoms with E-state index in [1.807, 2.05) is 35.1 Å². The molecule has 2 heterocycles. The number of hydrogen-bond donors (Lipinski definition) is 1. The van der Waals surface area contributed by atoms with Crippen molar-refractivity contribution in [3.8, 4) is 0 Å². The summed E-state index contributed by atoms with van der Waals surface area (Å²) in [4.78, 5) is 0. The molecule has 3 rings (SSSR count). The number of anilines is 2. The number of aromatic nitrogens is 4. The molecule has 0 spiro atoms. The summed E-state index contributed by atoms with van der Waals surface area (Å²) in [6.45, 7) is 2.91. The third-order valence-electron chi connectivity index (χ3n) is 2.78. The fraction of sp³-hybridized carbons (Fsp3) is 0.154. The Labute approximate surface area is 104 Å². The lowest BCUT2D eigenvalue weighted by Crippen LogP contribution is -1.94. The first kappa shape index (κ1) is 10.7. The van der Waals surface area contributed by atoms with Crippen LogP contribution >= 0.6 is 0 Å². The highest BCUT2D eigenvalue weighted by molar-refractivity contribution is 5.91. The molecule has 0 unspecified atom stereocenters. The van der Waals surface area contributed by atoms with Crippen LogP contribution in [0.4, 0.5) is 11.4 Å². The standard InChI is InChI=1S/C13H13N5/c1-2-18-9-10(7-15-18)16-13-8-14-17-12-6-4-3-5-11(12)13/h3-9H,2H2,1H3,(H,16,17). The van der Waals surface area contributed by atoms with Crippen molar-refractivity contribution in [3.63, 3.8) is 0 Å². The van der Waals surface area contributed by atoms with Crippen LogP contribution in [0.3, 0.4) is 0 Å². The largest absolute Gasteiger partial charge is 0.351 e. The van der Waals surface area contributed by atoms with E-state index >= 15 is 0 Å². The lowest BCUT2D eigenvalue weighted by molar-refractivity contribution is 0.660. The SMILES string of the molecule is CCn1cc(Nc2cnnc3ccccc23)cn1. The topological polar surface area (TPSA) is 55.6 Å². The minimum atomic E-state index is 0.858. The van der Waals surface area contributed by atoms with Crippen molar-refractivity contribution >= 4 is 22.3 Å². The Balaban J connectivity index is 1.99. The van der Waals surface area contributed by atoms with Gasteiger partial charge in [-0.25, -0.2) is 0 Å². The molecule has 2 aromatic heterocycles. The summed E-state index contributed by atoms with van der Waals surface area (Å²) in [5.41, 5.74) is 2.77. The normalized spacial score (nSPS) is 10.7. The van der Waals surface area contributed by atoms with Crippen molar-refractivity contribution in [1.82, 2.24) is 20.0 Å². The minimum Gasteiger partial charge on any atom is -0.351 e. The summed E-state index contributed by atoms with van der Waals surface area (Å²) in [6, 6.07) is 7.92. The molecule has 0 saturated carbocycles. The van der Waals surface area contributed by atoms with E-state index in [1.54, 1.807) is 12.4 Å². The molecule has 90 valence electrons. The lowest BCUT2D eigenvalue weighted by atomic mass is 10.2. The summed E-state index contributed by atoms with van der Waals surface area (Å²) in [5.74, 6) is 0. The van der Waals surface area contributed by atoms with E-state index in [0.717, 1.165) is 28.8 Å². The van der Waals surface area contributed by atoms with Crippen LogP contribution in [0.25, 0.3) is 10.9 Å². The average Bonchev–Trinajstić information content (AvgIpc) is 2.87. The molecule has 0 bridgehead atoms. The second-order valence-corrected chi connectivity index (χ2v) is 3.99. The second kappa shape index (κ2) is 4.44. The number of nitrogens with zero attached hydrogens (tertiary/aromatic N) is 4. The molecule has 0 saturated heterocycles. The van der Waals surface area contributed by atoms with E-state index in [2.05, 4.69) is 27.5 Å². The molecule has 3 aromatic rings. The van der Waals surface area contributed by atoms with Crippen LogP contribution in [0.5, 0.6) is 0 Å². The maximum atomic E-state index is 4.23. The van der Waals surface area contributed by atoms with Gasteiger partial charge in [0.2, 0.25) is 0 Å². The van der Waals surface area contributed by atoms with Crippen LogP contribution in [-0.4, -0.2) is 20.0 Å². The van der Waals surface area contributed by atoms with Crippen LogP contribution in [-0.2, 0) is 6.54 Å². The molecule has 0 fully saturated rings. The van der Waals surface area contributed by atoms with Gasteiger partial charge in [-0.05, 0) is 13.0 Å². The van der Waals surface area contributed by atoms with Crippen LogP contribution in [0.15, 0.2) is 42.9 Å². The van der Waals surface area contributed by atoms with Gasteiger partial charge in [0.05, 0.1) is 29.3 Å². The van der Waals surface area contributed by atoms with Gasteiger partial charge in [0.15, 0.2) is 0 Å².